The molecule has 5 heteroatoms. The lowest BCUT2D eigenvalue weighted by Crippen LogP contribution is -2.49. The highest BCUT2D eigenvalue weighted by Gasteiger charge is 2.23. The Balaban J connectivity index is 1.50. The number of rotatable bonds is 2. The first kappa shape index (κ1) is 18.4. The average molecular weight is 374 g/mol. The lowest BCUT2D eigenvalue weighted by Gasteiger charge is -2.37. The van der Waals surface area contributed by atoms with E-state index in [9.17, 15) is 4.79 Å². The van der Waals surface area contributed by atoms with Gasteiger partial charge in [-0.2, -0.15) is 0 Å². The number of nitrogens with zero attached hydrogens (tertiary/aromatic N) is 4. The second kappa shape index (κ2) is 7.23. The fraction of sp³-hybridized carbons (Fsp3) is 0.348. The molecule has 0 bridgehead atoms. The molecule has 1 amide bonds. The predicted octanol–water partition coefficient (Wildman–Crippen LogP) is 3.83. The van der Waals surface area contributed by atoms with Crippen LogP contribution >= 0.6 is 0 Å². The Morgan fingerprint density at radius 3 is 2.25 bits per heavy atom. The summed E-state index contributed by atoms with van der Waals surface area (Å²) in [6.07, 6.45) is 0. The van der Waals surface area contributed by atoms with Crippen molar-refractivity contribution in [1.29, 1.82) is 0 Å². The lowest BCUT2D eigenvalue weighted by molar-refractivity contribution is 0.0747. The first-order valence-corrected chi connectivity index (χ1v) is 9.79. The Bertz CT molecular complexity index is 1050. The largest absolute Gasteiger partial charge is 0.368 e. The molecule has 5 nitrogen and oxygen atoms in total. The van der Waals surface area contributed by atoms with Gasteiger partial charge in [-0.3, -0.25) is 4.79 Å². The molecule has 0 saturated carbocycles. The highest BCUT2D eigenvalue weighted by atomic mass is 16.2. The number of carbonyl (C=O) groups excluding carboxylic acids is 1. The van der Waals surface area contributed by atoms with Crippen molar-refractivity contribution in [3.8, 4) is 0 Å². The fourth-order valence-electron chi connectivity index (χ4n) is 3.77. The molecule has 3 aromatic rings. The van der Waals surface area contributed by atoms with Gasteiger partial charge in [-0.25, -0.2) is 9.97 Å². The number of aromatic nitrogens is 2. The Morgan fingerprint density at radius 2 is 1.54 bits per heavy atom. The molecule has 1 fully saturated rings. The molecule has 1 aliphatic rings. The van der Waals surface area contributed by atoms with Crippen LogP contribution in [-0.2, 0) is 0 Å². The van der Waals surface area contributed by atoms with Crippen molar-refractivity contribution in [2.45, 2.75) is 27.7 Å². The van der Waals surface area contributed by atoms with Crippen LogP contribution in [0.2, 0.25) is 0 Å². The van der Waals surface area contributed by atoms with Crippen molar-refractivity contribution in [1.82, 2.24) is 14.9 Å². The van der Waals surface area contributed by atoms with Crippen LogP contribution in [-0.4, -0.2) is 47.0 Å². The van der Waals surface area contributed by atoms with Crippen molar-refractivity contribution in [2.24, 2.45) is 0 Å². The number of carbonyl (C=O) groups is 1. The maximum atomic E-state index is 13.0. The minimum atomic E-state index is 0.0718. The van der Waals surface area contributed by atoms with E-state index in [4.69, 9.17) is 0 Å². The molecule has 0 radical (unpaired) electrons. The third kappa shape index (κ3) is 3.33. The van der Waals surface area contributed by atoms with Gasteiger partial charge in [0, 0.05) is 37.4 Å². The van der Waals surface area contributed by atoms with Gasteiger partial charge < -0.3 is 9.80 Å². The summed E-state index contributed by atoms with van der Waals surface area (Å²) in [7, 11) is 0. The number of hydrogen-bond acceptors (Lipinski definition) is 4. The minimum absolute atomic E-state index is 0.0718. The molecule has 0 spiro atoms. The molecule has 0 atom stereocenters. The van der Waals surface area contributed by atoms with Gasteiger partial charge in [0.05, 0.1) is 22.4 Å². The third-order valence-corrected chi connectivity index (χ3v) is 5.81. The minimum Gasteiger partial charge on any atom is -0.368 e. The molecule has 144 valence electrons. The summed E-state index contributed by atoms with van der Waals surface area (Å²) in [6, 6.07) is 12.1. The van der Waals surface area contributed by atoms with Crippen LogP contribution in [0.5, 0.6) is 0 Å². The topological polar surface area (TPSA) is 49.3 Å². The summed E-state index contributed by atoms with van der Waals surface area (Å²) >= 11 is 0. The fourth-order valence-corrected chi connectivity index (χ4v) is 3.77. The normalized spacial score (nSPS) is 14.6. The Hall–Kier alpha value is -2.95. The van der Waals surface area contributed by atoms with E-state index in [1.54, 1.807) is 0 Å². The number of anilines is 1. The SMILES string of the molecule is Cc1cccc(N2CCN(C(=O)c3ccc4nc(C)c(C)nc4c3)CC2)c1C. The van der Waals surface area contributed by atoms with Crippen molar-refractivity contribution < 1.29 is 4.79 Å². The number of aryl methyl sites for hydroxylation is 3. The molecule has 1 aliphatic heterocycles. The van der Waals surface area contributed by atoms with E-state index in [2.05, 4.69) is 46.9 Å². The molecule has 0 N–H and O–H groups in total. The van der Waals surface area contributed by atoms with Crippen LogP contribution in [0.15, 0.2) is 36.4 Å². The number of amides is 1. The van der Waals surface area contributed by atoms with Crippen molar-refractivity contribution in [3.05, 3.63) is 64.5 Å². The third-order valence-electron chi connectivity index (χ3n) is 5.81. The number of benzene rings is 2. The highest BCUT2D eigenvalue weighted by molar-refractivity contribution is 5.97. The van der Waals surface area contributed by atoms with E-state index < -0.39 is 0 Å². The van der Waals surface area contributed by atoms with Gasteiger partial charge in [-0.15, -0.1) is 0 Å². The van der Waals surface area contributed by atoms with Gasteiger partial charge in [0.15, 0.2) is 0 Å². The maximum absolute atomic E-state index is 13.0. The summed E-state index contributed by atoms with van der Waals surface area (Å²) in [4.78, 5) is 26.5. The standard InChI is InChI=1S/C23H26N4O/c1-15-6-5-7-22(16(15)2)26-10-12-27(13-11-26)23(28)19-8-9-20-21(14-19)25-18(4)17(3)24-20/h5-9,14H,10-13H2,1-4H3. The molecule has 0 unspecified atom stereocenters. The zero-order valence-electron chi connectivity index (χ0n) is 17.0. The van der Waals surface area contributed by atoms with E-state index in [1.165, 1.54) is 16.8 Å². The van der Waals surface area contributed by atoms with Crippen LogP contribution in [0.25, 0.3) is 11.0 Å². The zero-order chi connectivity index (χ0) is 19.8. The van der Waals surface area contributed by atoms with Crippen LogP contribution in [0.1, 0.15) is 32.9 Å². The van der Waals surface area contributed by atoms with E-state index in [0.717, 1.165) is 48.6 Å². The summed E-state index contributed by atoms with van der Waals surface area (Å²) in [6.45, 7) is 11.4. The van der Waals surface area contributed by atoms with E-state index in [1.807, 2.05) is 36.9 Å². The van der Waals surface area contributed by atoms with E-state index in [0.29, 0.717) is 5.56 Å². The van der Waals surface area contributed by atoms with Crippen molar-refractivity contribution >= 4 is 22.6 Å². The van der Waals surface area contributed by atoms with Gasteiger partial charge >= 0.3 is 0 Å². The number of hydrogen-bond donors (Lipinski definition) is 0. The molecule has 1 aromatic heterocycles. The van der Waals surface area contributed by atoms with Crippen LogP contribution in [0.3, 0.4) is 0 Å². The van der Waals surface area contributed by atoms with Gasteiger partial charge in [-0.1, -0.05) is 12.1 Å². The van der Waals surface area contributed by atoms with Crippen molar-refractivity contribution in [2.75, 3.05) is 31.1 Å². The van der Waals surface area contributed by atoms with Gasteiger partial charge in [0.2, 0.25) is 0 Å². The predicted molar refractivity (Wildman–Crippen MR) is 113 cm³/mol. The Labute approximate surface area is 166 Å². The summed E-state index contributed by atoms with van der Waals surface area (Å²) < 4.78 is 0. The van der Waals surface area contributed by atoms with Gasteiger partial charge in [-0.05, 0) is 63.1 Å². The highest BCUT2D eigenvalue weighted by Crippen LogP contribution is 2.24. The summed E-state index contributed by atoms with van der Waals surface area (Å²) in [5.74, 6) is 0.0718. The maximum Gasteiger partial charge on any atom is 0.254 e. The second-order valence-electron chi connectivity index (χ2n) is 7.60. The molecule has 2 aromatic carbocycles. The molecule has 1 saturated heterocycles. The van der Waals surface area contributed by atoms with Gasteiger partial charge in [0.25, 0.3) is 5.91 Å². The van der Waals surface area contributed by atoms with Gasteiger partial charge in [0.1, 0.15) is 0 Å². The molecule has 0 aliphatic carbocycles. The van der Waals surface area contributed by atoms with Crippen LogP contribution in [0.4, 0.5) is 5.69 Å². The van der Waals surface area contributed by atoms with Crippen LogP contribution in [0, 0.1) is 27.7 Å². The zero-order valence-corrected chi connectivity index (χ0v) is 17.0. The molecular weight excluding hydrogens is 348 g/mol. The number of piperazine rings is 1. The lowest BCUT2D eigenvalue weighted by atomic mass is 10.1. The molecule has 2 heterocycles. The second-order valence-corrected chi connectivity index (χ2v) is 7.60. The molecule has 4 rings (SSSR count). The monoisotopic (exact) mass is 374 g/mol. The number of fused-ring (bicyclic) bond motifs is 1. The quantitative estimate of drug-likeness (QED) is 0.684. The first-order valence-electron chi connectivity index (χ1n) is 9.79. The first-order chi connectivity index (χ1) is 13.4. The Morgan fingerprint density at radius 1 is 0.857 bits per heavy atom. The van der Waals surface area contributed by atoms with Crippen molar-refractivity contribution in [3.63, 3.8) is 0 Å². The molecular formula is C23H26N4O. The molecule has 28 heavy (non-hydrogen) atoms. The van der Waals surface area contributed by atoms with Crippen LogP contribution < -0.4 is 4.90 Å². The smallest absolute Gasteiger partial charge is 0.254 e. The van der Waals surface area contributed by atoms with E-state index in [-0.39, 0.29) is 5.91 Å². The summed E-state index contributed by atoms with van der Waals surface area (Å²) in [5, 5.41) is 0. The average Bonchev–Trinajstić information content (AvgIpc) is 2.70. The summed E-state index contributed by atoms with van der Waals surface area (Å²) in [5.41, 5.74) is 8.03. The van der Waals surface area contributed by atoms with E-state index >= 15 is 0 Å². The Kier molecular flexibility index (Phi) is 4.75.